The number of hydrogen-bond acceptors (Lipinski definition) is 3. The van der Waals surface area contributed by atoms with Crippen molar-refractivity contribution in [2.75, 3.05) is 25.0 Å². The van der Waals surface area contributed by atoms with E-state index in [1.165, 1.54) is 0 Å². The highest BCUT2D eigenvalue weighted by molar-refractivity contribution is 5.39. The highest BCUT2D eigenvalue weighted by Crippen LogP contribution is 2.14. The van der Waals surface area contributed by atoms with Crippen LogP contribution in [0.1, 0.15) is 41.0 Å². The number of anilines is 1. The zero-order valence-corrected chi connectivity index (χ0v) is 13.2. The van der Waals surface area contributed by atoms with Gasteiger partial charge in [0.05, 0.1) is 18.4 Å². The van der Waals surface area contributed by atoms with Gasteiger partial charge in [0.25, 0.3) is 0 Å². The SMILES string of the molecule is CCC(Nc1cnn(CCN(CC)CC)c1)C(C)C. The Morgan fingerprint density at radius 2 is 1.95 bits per heavy atom. The van der Waals surface area contributed by atoms with Crippen LogP contribution in [0.25, 0.3) is 0 Å². The first-order valence-electron chi connectivity index (χ1n) is 7.61. The largest absolute Gasteiger partial charge is 0.380 e. The van der Waals surface area contributed by atoms with Gasteiger partial charge in [0.2, 0.25) is 0 Å². The first kappa shape index (κ1) is 16.0. The fourth-order valence-electron chi connectivity index (χ4n) is 2.30. The molecule has 0 aromatic carbocycles. The lowest BCUT2D eigenvalue weighted by atomic mass is 10.0. The molecule has 0 saturated carbocycles. The fraction of sp³-hybridized carbons (Fsp3) is 0.800. The van der Waals surface area contributed by atoms with Crippen molar-refractivity contribution in [3.8, 4) is 0 Å². The van der Waals surface area contributed by atoms with Crippen LogP contribution < -0.4 is 5.32 Å². The van der Waals surface area contributed by atoms with E-state index < -0.39 is 0 Å². The molecule has 0 spiro atoms. The summed E-state index contributed by atoms with van der Waals surface area (Å²) in [5.74, 6) is 0.643. The van der Waals surface area contributed by atoms with E-state index in [1.54, 1.807) is 0 Å². The Morgan fingerprint density at radius 3 is 2.47 bits per heavy atom. The Labute approximate surface area is 118 Å². The van der Waals surface area contributed by atoms with E-state index in [-0.39, 0.29) is 0 Å². The average molecular weight is 266 g/mol. The molecule has 19 heavy (non-hydrogen) atoms. The average Bonchev–Trinajstić information content (AvgIpc) is 2.84. The van der Waals surface area contributed by atoms with Gasteiger partial charge in [0.15, 0.2) is 0 Å². The summed E-state index contributed by atoms with van der Waals surface area (Å²) < 4.78 is 2.04. The van der Waals surface area contributed by atoms with E-state index in [9.17, 15) is 0 Å². The van der Waals surface area contributed by atoms with E-state index in [0.717, 1.165) is 38.3 Å². The maximum absolute atomic E-state index is 4.43. The van der Waals surface area contributed by atoms with Crippen LogP contribution in [-0.2, 0) is 6.54 Å². The Kier molecular flexibility index (Phi) is 6.92. The number of rotatable bonds is 9. The highest BCUT2D eigenvalue weighted by atomic mass is 15.3. The third kappa shape index (κ3) is 5.23. The lowest BCUT2D eigenvalue weighted by Gasteiger charge is -2.20. The summed E-state index contributed by atoms with van der Waals surface area (Å²) in [5, 5.41) is 8.00. The van der Waals surface area contributed by atoms with Crippen molar-refractivity contribution < 1.29 is 0 Å². The van der Waals surface area contributed by atoms with Crippen molar-refractivity contribution in [2.24, 2.45) is 5.92 Å². The van der Waals surface area contributed by atoms with Gasteiger partial charge < -0.3 is 10.2 Å². The fourth-order valence-corrected chi connectivity index (χ4v) is 2.30. The van der Waals surface area contributed by atoms with Gasteiger partial charge in [-0.1, -0.05) is 34.6 Å². The molecule has 1 N–H and O–H groups in total. The molecule has 1 aromatic rings. The van der Waals surface area contributed by atoms with E-state index in [1.807, 2.05) is 10.9 Å². The Morgan fingerprint density at radius 1 is 1.26 bits per heavy atom. The van der Waals surface area contributed by atoms with Gasteiger partial charge in [-0.05, 0) is 25.4 Å². The number of aromatic nitrogens is 2. The van der Waals surface area contributed by atoms with E-state index in [2.05, 4.69) is 56.1 Å². The molecule has 0 aliphatic rings. The summed E-state index contributed by atoms with van der Waals surface area (Å²) in [7, 11) is 0. The van der Waals surface area contributed by atoms with Crippen molar-refractivity contribution in [3.63, 3.8) is 0 Å². The normalized spacial score (nSPS) is 13.2. The maximum atomic E-state index is 4.43. The first-order valence-corrected chi connectivity index (χ1v) is 7.61. The predicted molar refractivity (Wildman–Crippen MR) is 82.6 cm³/mol. The molecular weight excluding hydrogens is 236 g/mol. The summed E-state index contributed by atoms with van der Waals surface area (Å²) in [4.78, 5) is 2.41. The molecule has 0 saturated heterocycles. The molecule has 1 aromatic heterocycles. The lowest BCUT2D eigenvalue weighted by molar-refractivity contribution is 0.285. The molecular formula is C15H30N4. The molecule has 1 unspecified atom stereocenters. The minimum absolute atomic E-state index is 0.528. The molecule has 0 radical (unpaired) electrons. The molecule has 0 bridgehead atoms. The monoisotopic (exact) mass is 266 g/mol. The minimum atomic E-state index is 0.528. The third-order valence-electron chi connectivity index (χ3n) is 3.77. The van der Waals surface area contributed by atoms with Crippen LogP contribution in [0.4, 0.5) is 5.69 Å². The molecule has 0 aliphatic carbocycles. The van der Waals surface area contributed by atoms with Crippen molar-refractivity contribution in [1.82, 2.24) is 14.7 Å². The van der Waals surface area contributed by atoms with Gasteiger partial charge in [0.1, 0.15) is 0 Å². The Bertz CT molecular complexity index is 342. The van der Waals surface area contributed by atoms with Crippen molar-refractivity contribution in [1.29, 1.82) is 0 Å². The van der Waals surface area contributed by atoms with Crippen LogP contribution >= 0.6 is 0 Å². The van der Waals surface area contributed by atoms with E-state index in [4.69, 9.17) is 0 Å². The van der Waals surface area contributed by atoms with Gasteiger partial charge >= 0.3 is 0 Å². The molecule has 4 nitrogen and oxygen atoms in total. The highest BCUT2D eigenvalue weighted by Gasteiger charge is 2.11. The van der Waals surface area contributed by atoms with Gasteiger partial charge in [-0.3, -0.25) is 4.68 Å². The molecule has 1 atom stereocenters. The van der Waals surface area contributed by atoms with Gasteiger partial charge in [0, 0.05) is 18.8 Å². The summed E-state index contributed by atoms with van der Waals surface area (Å²) in [5.41, 5.74) is 1.14. The molecule has 1 rings (SSSR count). The molecule has 4 heteroatoms. The van der Waals surface area contributed by atoms with Gasteiger partial charge in [-0.15, -0.1) is 0 Å². The standard InChI is InChI=1S/C15H30N4/c1-6-15(13(4)5)17-14-11-16-19(12-14)10-9-18(7-2)8-3/h11-13,15,17H,6-10H2,1-5H3. The summed E-state index contributed by atoms with van der Waals surface area (Å²) in [6, 6.07) is 0.528. The third-order valence-corrected chi connectivity index (χ3v) is 3.77. The lowest BCUT2D eigenvalue weighted by Crippen LogP contribution is -2.27. The smallest absolute Gasteiger partial charge is 0.0728 e. The van der Waals surface area contributed by atoms with Crippen LogP contribution in [0.2, 0.25) is 0 Å². The molecule has 0 aliphatic heterocycles. The second kappa shape index (κ2) is 8.20. The summed E-state index contributed by atoms with van der Waals surface area (Å²) in [6.07, 6.45) is 5.20. The number of nitrogens with zero attached hydrogens (tertiary/aromatic N) is 3. The predicted octanol–water partition coefficient (Wildman–Crippen LogP) is 3.07. The maximum Gasteiger partial charge on any atom is 0.0728 e. The second-order valence-corrected chi connectivity index (χ2v) is 5.42. The Balaban J connectivity index is 2.48. The van der Waals surface area contributed by atoms with Gasteiger partial charge in [-0.25, -0.2) is 0 Å². The zero-order chi connectivity index (χ0) is 14.3. The molecule has 1 heterocycles. The quantitative estimate of drug-likeness (QED) is 0.745. The first-order chi connectivity index (χ1) is 9.10. The summed E-state index contributed by atoms with van der Waals surface area (Å²) in [6.45, 7) is 15.4. The topological polar surface area (TPSA) is 33.1 Å². The van der Waals surface area contributed by atoms with Crippen LogP contribution in [0.5, 0.6) is 0 Å². The molecule has 0 amide bonds. The minimum Gasteiger partial charge on any atom is -0.380 e. The molecule has 110 valence electrons. The van der Waals surface area contributed by atoms with Crippen LogP contribution in [0.3, 0.4) is 0 Å². The van der Waals surface area contributed by atoms with E-state index in [0.29, 0.717) is 12.0 Å². The number of hydrogen-bond donors (Lipinski definition) is 1. The van der Waals surface area contributed by atoms with Crippen molar-refractivity contribution >= 4 is 5.69 Å². The van der Waals surface area contributed by atoms with Crippen LogP contribution in [0.15, 0.2) is 12.4 Å². The zero-order valence-electron chi connectivity index (χ0n) is 13.2. The van der Waals surface area contributed by atoms with Gasteiger partial charge in [-0.2, -0.15) is 5.10 Å². The van der Waals surface area contributed by atoms with E-state index >= 15 is 0 Å². The molecule has 0 fully saturated rings. The number of likely N-dealkylation sites (N-methyl/N-ethyl adjacent to an activating group) is 1. The van der Waals surface area contributed by atoms with Crippen molar-refractivity contribution in [3.05, 3.63) is 12.4 Å². The van der Waals surface area contributed by atoms with Crippen LogP contribution in [-0.4, -0.2) is 40.4 Å². The van der Waals surface area contributed by atoms with Crippen LogP contribution in [0, 0.1) is 5.92 Å². The number of nitrogens with one attached hydrogen (secondary N) is 1. The summed E-state index contributed by atoms with van der Waals surface area (Å²) >= 11 is 0. The second-order valence-electron chi connectivity index (χ2n) is 5.42. The Hall–Kier alpha value is -1.03. The van der Waals surface area contributed by atoms with Crippen molar-refractivity contribution in [2.45, 2.75) is 53.6 Å².